The molecule has 1 heterocycles. The summed E-state index contributed by atoms with van der Waals surface area (Å²) in [6.07, 6.45) is 0.694. The summed E-state index contributed by atoms with van der Waals surface area (Å²) in [5, 5.41) is 8.45. The van der Waals surface area contributed by atoms with Gasteiger partial charge in [-0.15, -0.1) is 11.8 Å². The molecule has 0 spiro atoms. The third-order valence-electron chi connectivity index (χ3n) is 2.50. The fourth-order valence-corrected chi connectivity index (χ4v) is 5.03. The first kappa shape index (κ1) is 12.4. The van der Waals surface area contributed by atoms with Crippen LogP contribution in [0.1, 0.15) is 5.56 Å². The highest BCUT2D eigenvalue weighted by atomic mass is 32.2. The van der Waals surface area contributed by atoms with Gasteiger partial charge in [0.05, 0.1) is 5.75 Å². The Morgan fingerprint density at radius 2 is 2.12 bits per heavy atom. The lowest BCUT2D eigenvalue weighted by Gasteiger charge is -2.07. The fourth-order valence-electron chi connectivity index (χ4n) is 1.88. The van der Waals surface area contributed by atoms with Crippen molar-refractivity contribution < 1.29 is 18.3 Å². The smallest absolute Gasteiger partial charge is 0.318 e. The molecule has 1 atom stereocenters. The van der Waals surface area contributed by atoms with E-state index < -0.39 is 21.6 Å². The number of hydrogen-bond donors (Lipinski definition) is 1. The molecule has 0 aromatic heterocycles. The van der Waals surface area contributed by atoms with Gasteiger partial charge in [-0.2, -0.15) is 0 Å². The van der Waals surface area contributed by atoms with Crippen LogP contribution in [0.3, 0.4) is 0 Å². The quantitative estimate of drug-likeness (QED) is 0.892. The molecular weight excluding hydrogens is 260 g/mol. The molecule has 1 aliphatic heterocycles. The summed E-state index contributed by atoms with van der Waals surface area (Å²) in [5.74, 6) is -2.13. The molecule has 0 aliphatic carbocycles. The first-order valence-corrected chi connectivity index (χ1v) is 7.83. The maximum atomic E-state index is 11.6. The minimum atomic E-state index is -3.50. The minimum absolute atomic E-state index is 0.0586. The molecule has 1 unspecified atom stereocenters. The van der Waals surface area contributed by atoms with Crippen molar-refractivity contribution in [3.05, 3.63) is 29.8 Å². The average Bonchev–Trinajstić information content (AvgIpc) is 2.55. The average molecular weight is 272 g/mol. The van der Waals surface area contributed by atoms with Crippen molar-refractivity contribution in [2.24, 2.45) is 0 Å². The van der Waals surface area contributed by atoms with Crippen LogP contribution in [-0.4, -0.2) is 36.2 Å². The highest BCUT2D eigenvalue weighted by Gasteiger charge is 2.28. The molecule has 4 nitrogen and oxygen atoms in total. The van der Waals surface area contributed by atoms with Crippen molar-refractivity contribution in [2.45, 2.75) is 16.6 Å². The van der Waals surface area contributed by atoms with Crippen LogP contribution in [0.2, 0.25) is 0 Å². The topological polar surface area (TPSA) is 71.4 Å². The van der Waals surface area contributed by atoms with E-state index in [1.807, 2.05) is 24.3 Å². The number of hydrogen-bond acceptors (Lipinski definition) is 4. The van der Waals surface area contributed by atoms with E-state index in [9.17, 15) is 13.2 Å². The normalized spacial score (nSPS) is 18.9. The molecule has 1 aromatic rings. The molecule has 2 rings (SSSR count). The molecule has 92 valence electrons. The van der Waals surface area contributed by atoms with Gasteiger partial charge in [0.25, 0.3) is 0 Å². The van der Waals surface area contributed by atoms with Crippen molar-refractivity contribution in [3.8, 4) is 0 Å². The summed E-state index contributed by atoms with van der Waals surface area (Å²) in [4.78, 5) is 11.5. The summed E-state index contributed by atoms with van der Waals surface area (Å²) in [6.45, 7) is 0. The lowest BCUT2D eigenvalue weighted by Crippen LogP contribution is -2.24. The molecule has 0 radical (unpaired) electrons. The van der Waals surface area contributed by atoms with E-state index >= 15 is 0 Å². The Bertz CT molecular complexity index is 511. The van der Waals surface area contributed by atoms with Gasteiger partial charge in [-0.1, -0.05) is 18.2 Å². The van der Waals surface area contributed by atoms with Gasteiger partial charge in [0.15, 0.2) is 9.84 Å². The summed E-state index contributed by atoms with van der Waals surface area (Å²) < 4.78 is 23.1. The maximum absolute atomic E-state index is 11.6. The number of carboxylic acids is 1. The second-order valence-electron chi connectivity index (χ2n) is 4.00. The summed E-state index contributed by atoms with van der Waals surface area (Å²) >= 11 is 1.52. The van der Waals surface area contributed by atoms with E-state index in [1.165, 1.54) is 11.8 Å². The first-order chi connectivity index (χ1) is 7.96. The monoisotopic (exact) mass is 272 g/mol. The SMILES string of the molecule is O=C(O)CS(=O)(=O)CC1Cc2ccccc2S1. The summed E-state index contributed by atoms with van der Waals surface area (Å²) in [7, 11) is -3.50. The number of thioether (sulfide) groups is 1. The molecule has 0 saturated heterocycles. The van der Waals surface area contributed by atoms with Crippen LogP contribution in [-0.2, 0) is 21.1 Å². The van der Waals surface area contributed by atoms with Gasteiger partial charge in [-0.25, -0.2) is 8.42 Å². The third-order valence-corrected chi connectivity index (χ3v) is 5.62. The van der Waals surface area contributed by atoms with E-state index in [-0.39, 0.29) is 11.0 Å². The molecule has 1 aliphatic rings. The Morgan fingerprint density at radius 3 is 2.76 bits per heavy atom. The highest BCUT2D eigenvalue weighted by Crippen LogP contribution is 2.37. The maximum Gasteiger partial charge on any atom is 0.318 e. The first-order valence-electron chi connectivity index (χ1n) is 5.13. The van der Waals surface area contributed by atoms with Crippen LogP contribution in [0.25, 0.3) is 0 Å². The molecule has 0 amide bonds. The number of rotatable bonds is 4. The zero-order valence-corrected chi connectivity index (χ0v) is 10.6. The third kappa shape index (κ3) is 3.23. The van der Waals surface area contributed by atoms with E-state index in [0.717, 1.165) is 10.5 Å². The van der Waals surface area contributed by atoms with Crippen molar-refractivity contribution in [3.63, 3.8) is 0 Å². The van der Waals surface area contributed by atoms with Gasteiger partial charge < -0.3 is 5.11 Å². The highest BCUT2D eigenvalue weighted by molar-refractivity contribution is 8.01. The van der Waals surface area contributed by atoms with Crippen LogP contribution >= 0.6 is 11.8 Å². The van der Waals surface area contributed by atoms with Crippen LogP contribution in [0.4, 0.5) is 0 Å². The van der Waals surface area contributed by atoms with Crippen molar-refractivity contribution >= 4 is 27.6 Å². The number of aliphatic carboxylic acids is 1. The van der Waals surface area contributed by atoms with Gasteiger partial charge in [0.1, 0.15) is 5.75 Å². The van der Waals surface area contributed by atoms with E-state index in [4.69, 9.17) is 5.11 Å². The fraction of sp³-hybridized carbons (Fsp3) is 0.364. The predicted octanol–water partition coefficient (Wildman–Crippen LogP) is 1.20. The van der Waals surface area contributed by atoms with Crippen molar-refractivity contribution in [1.29, 1.82) is 0 Å². The summed E-state index contributed by atoms with van der Waals surface area (Å²) in [5.41, 5.74) is 1.15. The zero-order valence-electron chi connectivity index (χ0n) is 9.00. The largest absolute Gasteiger partial charge is 0.480 e. The van der Waals surface area contributed by atoms with Gasteiger partial charge in [-0.3, -0.25) is 4.79 Å². The Labute approximate surface area is 104 Å². The van der Waals surface area contributed by atoms with Crippen molar-refractivity contribution in [2.75, 3.05) is 11.5 Å². The van der Waals surface area contributed by atoms with E-state index in [0.29, 0.717) is 6.42 Å². The van der Waals surface area contributed by atoms with Crippen molar-refractivity contribution in [1.82, 2.24) is 0 Å². The van der Waals surface area contributed by atoms with Crippen LogP contribution in [0.15, 0.2) is 29.2 Å². The van der Waals surface area contributed by atoms with Crippen LogP contribution < -0.4 is 0 Å². The molecule has 0 saturated carbocycles. The van der Waals surface area contributed by atoms with Gasteiger partial charge in [-0.05, 0) is 18.1 Å². The Morgan fingerprint density at radius 1 is 1.41 bits per heavy atom. The number of benzene rings is 1. The molecule has 0 fully saturated rings. The molecule has 6 heteroatoms. The summed E-state index contributed by atoms with van der Waals surface area (Å²) in [6, 6.07) is 7.78. The molecule has 1 N–H and O–H groups in total. The number of fused-ring (bicyclic) bond motifs is 1. The predicted molar refractivity (Wildman–Crippen MR) is 66.1 cm³/mol. The second kappa shape index (κ2) is 4.70. The van der Waals surface area contributed by atoms with Crippen LogP contribution in [0, 0.1) is 0 Å². The second-order valence-corrected chi connectivity index (χ2v) is 7.45. The molecule has 0 bridgehead atoms. The van der Waals surface area contributed by atoms with Gasteiger partial charge >= 0.3 is 5.97 Å². The van der Waals surface area contributed by atoms with E-state index in [2.05, 4.69) is 0 Å². The lowest BCUT2D eigenvalue weighted by atomic mass is 10.1. The standard InChI is InChI=1S/C11H12O4S2/c12-11(13)7-17(14,15)6-9-5-8-3-1-2-4-10(8)16-9/h1-4,9H,5-7H2,(H,12,13). The molecule has 1 aromatic carbocycles. The number of sulfone groups is 1. The molecular formula is C11H12O4S2. The van der Waals surface area contributed by atoms with Gasteiger partial charge in [0, 0.05) is 10.1 Å². The number of carbonyl (C=O) groups is 1. The lowest BCUT2D eigenvalue weighted by molar-refractivity contribution is -0.134. The van der Waals surface area contributed by atoms with E-state index in [1.54, 1.807) is 0 Å². The minimum Gasteiger partial charge on any atom is -0.480 e. The Kier molecular flexibility index (Phi) is 3.44. The molecule has 17 heavy (non-hydrogen) atoms. The zero-order chi connectivity index (χ0) is 12.5. The Hall–Kier alpha value is -1.01. The van der Waals surface area contributed by atoms with Gasteiger partial charge in [0.2, 0.25) is 0 Å². The Balaban J connectivity index is 2.03. The number of carboxylic acid groups (broad SMARTS) is 1. The van der Waals surface area contributed by atoms with Crippen LogP contribution in [0.5, 0.6) is 0 Å².